The first-order valence-corrected chi connectivity index (χ1v) is 15.1. The second-order valence-electron chi connectivity index (χ2n) is 10.9. The fourth-order valence-corrected chi connectivity index (χ4v) is 5.22. The molecule has 1 N–H and O–H groups in total. The highest BCUT2D eigenvalue weighted by atomic mass is 16.2. The quantitative estimate of drug-likeness (QED) is 0.0800. The van der Waals surface area contributed by atoms with Crippen LogP contribution in [-0.4, -0.2) is 17.6 Å². The molecule has 0 fully saturated rings. The van der Waals surface area contributed by atoms with E-state index < -0.39 is 0 Å². The van der Waals surface area contributed by atoms with Crippen molar-refractivity contribution in [2.45, 2.75) is 77.0 Å². The molecular formula is C37H41NO3. The normalized spacial score (nSPS) is 13.0. The zero-order valence-corrected chi connectivity index (χ0v) is 23.9. The Hall–Kier alpha value is -4.05. The minimum Gasteiger partial charge on any atom is -0.289 e. The van der Waals surface area contributed by atoms with Gasteiger partial charge in [-0.15, -0.1) is 0 Å². The van der Waals surface area contributed by atoms with Gasteiger partial charge in [-0.2, -0.15) is 0 Å². The van der Waals surface area contributed by atoms with Gasteiger partial charge < -0.3 is 0 Å². The van der Waals surface area contributed by atoms with E-state index in [1.807, 2.05) is 48.5 Å². The van der Waals surface area contributed by atoms with Crippen molar-refractivity contribution in [2.24, 2.45) is 0 Å². The first kappa shape index (κ1) is 29.9. The Morgan fingerprint density at radius 2 is 1.12 bits per heavy atom. The van der Waals surface area contributed by atoms with Gasteiger partial charge in [0.05, 0.1) is 5.57 Å². The van der Waals surface area contributed by atoms with E-state index in [0.717, 1.165) is 24.0 Å². The molecule has 0 bridgehead atoms. The summed E-state index contributed by atoms with van der Waals surface area (Å²) in [6.45, 7) is 0. The first-order valence-electron chi connectivity index (χ1n) is 15.1. The highest BCUT2D eigenvalue weighted by molar-refractivity contribution is 6.33. The summed E-state index contributed by atoms with van der Waals surface area (Å²) in [6.07, 6.45) is 19.9. The van der Waals surface area contributed by atoms with Crippen LogP contribution >= 0.6 is 0 Å². The molecule has 3 aromatic carbocycles. The Labute approximate surface area is 244 Å². The summed E-state index contributed by atoms with van der Waals surface area (Å²) < 4.78 is 0. The van der Waals surface area contributed by atoms with E-state index in [2.05, 4.69) is 41.7 Å². The third-order valence-corrected chi connectivity index (χ3v) is 7.67. The number of imide groups is 1. The molecule has 0 saturated carbocycles. The summed E-state index contributed by atoms with van der Waals surface area (Å²) in [5.74, 6) is -0.616. The van der Waals surface area contributed by atoms with Gasteiger partial charge in [0, 0.05) is 11.6 Å². The molecule has 212 valence electrons. The molecule has 4 heteroatoms. The average Bonchev–Trinajstić information content (AvgIpc) is 3.35. The van der Waals surface area contributed by atoms with E-state index in [0.29, 0.717) is 11.1 Å². The number of unbranched alkanes of at least 4 members (excludes halogenated alkanes) is 9. The van der Waals surface area contributed by atoms with Crippen LogP contribution in [0.1, 0.15) is 96.8 Å². The molecule has 0 aromatic heterocycles. The lowest BCUT2D eigenvalue weighted by molar-refractivity contribution is -0.123. The van der Waals surface area contributed by atoms with Crippen LogP contribution in [0.4, 0.5) is 0 Å². The van der Waals surface area contributed by atoms with Gasteiger partial charge >= 0.3 is 0 Å². The molecule has 1 aliphatic heterocycles. The second kappa shape index (κ2) is 16.3. The summed E-state index contributed by atoms with van der Waals surface area (Å²) in [4.78, 5) is 35.3. The number of allylic oxidation sites excluding steroid dienone is 1. The number of benzene rings is 3. The van der Waals surface area contributed by atoms with Crippen LogP contribution < -0.4 is 5.32 Å². The van der Waals surface area contributed by atoms with Gasteiger partial charge in [-0.05, 0) is 54.0 Å². The van der Waals surface area contributed by atoms with Crippen LogP contribution in [0, 0.1) is 0 Å². The minimum absolute atomic E-state index is 0.0325. The molecule has 1 heterocycles. The lowest BCUT2D eigenvalue weighted by Crippen LogP contribution is -2.21. The van der Waals surface area contributed by atoms with Gasteiger partial charge in [-0.1, -0.05) is 136 Å². The Morgan fingerprint density at radius 3 is 1.63 bits per heavy atom. The van der Waals surface area contributed by atoms with Crippen molar-refractivity contribution in [1.82, 2.24) is 5.32 Å². The Balaban J connectivity index is 0.979. The van der Waals surface area contributed by atoms with Crippen LogP contribution in [0.2, 0.25) is 0 Å². The van der Waals surface area contributed by atoms with Crippen molar-refractivity contribution in [2.75, 3.05) is 0 Å². The Morgan fingerprint density at radius 1 is 0.610 bits per heavy atom. The van der Waals surface area contributed by atoms with Gasteiger partial charge in [0.1, 0.15) is 0 Å². The third kappa shape index (κ3) is 10.1. The third-order valence-electron chi connectivity index (χ3n) is 7.67. The molecule has 0 saturated heterocycles. The number of amides is 2. The molecule has 4 rings (SSSR count). The maximum atomic E-state index is 12.2. The summed E-state index contributed by atoms with van der Waals surface area (Å²) in [7, 11) is 0. The van der Waals surface area contributed by atoms with Crippen molar-refractivity contribution in [1.29, 1.82) is 0 Å². The van der Waals surface area contributed by atoms with Crippen LogP contribution in [0.5, 0.6) is 0 Å². The second-order valence-corrected chi connectivity index (χ2v) is 10.9. The van der Waals surface area contributed by atoms with Gasteiger partial charge in [0.15, 0.2) is 5.78 Å². The summed E-state index contributed by atoms with van der Waals surface area (Å²) in [5, 5.41) is 2.29. The van der Waals surface area contributed by atoms with Gasteiger partial charge in [0.25, 0.3) is 11.8 Å². The molecule has 0 spiro atoms. The standard InChI is InChI=1S/C37H41NO3/c39-35(33-16-12-9-13-17-33)27-24-31-20-18-29(19-21-31)14-10-7-5-3-1-2-4-6-8-11-15-30-22-25-32(26-23-30)34-28-36(40)38-37(34)41/h9,12-13,16-28H,1-8,10-11,14-15H2,(H,38,40,41). The predicted octanol–water partition coefficient (Wildman–Crippen LogP) is 8.31. The van der Waals surface area contributed by atoms with Crippen LogP contribution in [-0.2, 0) is 22.4 Å². The lowest BCUT2D eigenvalue weighted by atomic mass is 10.0. The summed E-state index contributed by atoms with van der Waals surface area (Å²) >= 11 is 0. The van der Waals surface area contributed by atoms with Crippen molar-refractivity contribution < 1.29 is 14.4 Å². The minimum atomic E-state index is -0.337. The number of nitrogens with one attached hydrogen (secondary N) is 1. The molecule has 4 nitrogen and oxygen atoms in total. The van der Waals surface area contributed by atoms with Crippen molar-refractivity contribution in [3.05, 3.63) is 119 Å². The van der Waals surface area contributed by atoms with E-state index in [-0.39, 0.29) is 17.6 Å². The molecular weight excluding hydrogens is 506 g/mol. The number of aryl methyl sites for hydroxylation is 2. The van der Waals surface area contributed by atoms with Gasteiger partial charge in [0.2, 0.25) is 0 Å². The molecule has 2 amide bonds. The van der Waals surface area contributed by atoms with Gasteiger partial charge in [-0.25, -0.2) is 0 Å². The van der Waals surface area contributed by atoms with E-state index in [1.165, 1.54) is 81.4 Å². The van der Waals surface area contributed by atoms with E-state index in [1.54, 1.807) is 6.08 Å². The molecule has 0 atom stereocenters. The van der Waals surface area contributed by atoms with Crippen LogP contribution in [0.15, 0.2) is 91.0 Å². The first-order chi connectivity index (χ1) is 20.1. The molecule has 41 heavy (non-hydrogen) atoms. The zero-order valence-electron chi connectivity index (χ0n) is 23.9. The van der Waals surface area contributed by atoms with Crippen molar-refractivity contribution >= 4 is 29.2 Å². The Kier molecular flexibility index (Phi) is 11.9. The smallest absolute Gasteiger partial charge is 0.258 e. The fraction of sp³-hybridized carbons (Fsp3) is 0.324. The fourth-order valence-electron chi connectivity index (χ4n) is 5.22. The van der Waals surface area contributed by atoms with Crippen LogP contribution in [0.25, 0.3) is 11.6 Å². The predicted molar refractivity (Wildman–Crippen MR) is 167 cm³/mol. The maximum Gasteiger partial charge on any atom is 0.258 e. The molecule has 1 aliphatic rings. The number of carbonyl (C=O) groups is 3. The largest absolute Gasteiger partial charge is 0.289 e. The summed E-state index contributed by atoms with van der Waals surface area (Å²) in [5.41, 5.74) is 5.67. The van der Waals surface area contributed by atoms with Crippen molar-refractivity contribution in [3.8, 4) is 0 Å². The summed E-state index contributed by atoms with van der Waals surface area (Å²) in [6, 6.07) is 25.9. The SMILES string of the molecule is O=C1C=C(c2ccc(CCCCCCCCCCCCc3ccc(C=CC(=O)c4ccccc4)cc3)cc2)C(=O)N1. The Bertz CT molecular complexity index is 1340. The number of hydrogen-bond acceptors (Lipinski definition) is 3. The highest BCUT2D eigenvalue weighted by Crippen LogP contribution is 2.20. The highest BCUT2D eigenvalue weighted by Gasteiger charge is 2.21. The molecule has 0 aliphatic carbocycles. The molecule has 0 radical (unpaired) electrons. The van der Waals surface area contributed by atoms with E-state index in [4.69, 9.17) is 0 Å². The average molecular weight is 548 g/mol. The zero-order chi connectivity index (χ0) is 28.7. The molecule has 3 aromatic rings. The number of hydrogen-bond donors (Lipinski definition) is 1. The monoisotopic (exact) mass is 547 g/mol. The maximum absolute atomic E-state index is 12.2. The molecule has 0 unspecified atom stereocenters. The topological polar surface area (TPSA) is 63.2 Å². The van der Waals surface area contributed by atoms with Crippen molar-refractivity contribution in [3.63, 3.8) is 0 Å². The van der Waals surface area contributed by atoms with Crippen LogP contribution in [0.3, 0.4) is 0 Å². The lowest BCUT2D eigenvalue weighted by Gasteiger charge is -2.05. The van der Waals surface area contributed by atoms with E-state index in [9.17, 15) is 14.4 Å². The number of rotatable bonds is 17. The van der Waals surface area contributed by atoms with Gasteiger partial charge in [-0.3, -0.25) is 19.7 Å². The number of ketones is 1. The number of carbonyl (C=O) groups excluding carboxylic acids is 3. The van der Waals surface area contributed by atoms with E-state index >= 15 is 0 Å².